The molecule has 2 N–H and O–H groups in total. The zero-order valence-corrected chi connectivity index (χ0v) is 12.7. The average molecular weight is 279 g/mol. The molecule has 0 spiro atoms. The van der Waals surface area contributed by atoms with Crippen LogP contribution in [0.4, 0.5) is 0 Å². The minimum absolute atomic E-state index is 0.0525. The minimum atomic E-state index is -3.22. The summed E-state index contributed by atoms with van der Waals surface area (Å²) in [5.41, 5.74) is -1.05. The Morgan fingerprint density at radius 1 is 1.22 bits per heavy atom. The third kappa shape index (κ3) is 4.57. The summed E-state index contributed by atoms with van der Waals surface area (Å²) in [7, 11) is -3.22. The molecule has 18 heavy (non-hydrogen) atoms. The molecule has 108 valence electrons. The molecule has 0 saturated carbocycles. The van der Waals surface area contributed by atoms with Gasteiger partial charge < -0.3 is 10.4 Å². The van der Waals surface area contributed by atoms with Crippen molar-refractivity contribution in [2.24, 2.45) is 0 Å². The molecular formula is C12H25NO4S. The fraction of sp³-hybridized carbons (Fsp3) is 0.917. The maximum Gasteiger partial charge on any atom is 0.323 e. The average Bonchev–Trinajstić information content (AvgIpc) is 2.15. The van der Waals surface area contributed by atoms with E-state index >= 15 is 0 Å². The van der Waals surface area contributed by atoms with Crippen LogP contribution in [0.2, 0.25) is 0 Å². The number of rotatable bonds is 7. The van der Waals surface area contributed by atoms with E-state index in [1.165, 1.54) is 0 Å². The lowest BCUT2D eigenvalue weighted by Gasteiger charge is -2.27. The van der Waals surface area contributed by atoms with Gasteiger partial charge in [-0.05, 0) is 34.1 Å². The summed E-state index contributed by atoms with van der Waals surface area (Å²) in [5, 5.41) is 12.0. The lowest BCUT2D eigenvalue weighted by molar-refractivity contribution is -0.144. The normalized spacial score (nSPS) is 16.3. The van der Waals surface area contributed by atoms with Crippen LogP contribution < -0.4 is 5.32 Å². The molecule has 0 heterocycles. The second kappa shape index (κ2) is 6.02. The predicted molar refractivity (Wildman–Crippen MR) is 72.5 cm³/mol. The zero-order valence-electron chi connectivity index (χ0n) is 11.9. The smallest absolute Gasteiger partial charge is 0.323 e. The molecule has 1 unspecified atom stereocenters. The molecule has 1 atom stereocenters. The Labute approximate surface area is 110 Å². The number of carbonyl (C=O) groups is 1. The molecule has 0 fully saturated rings. The van der Waals surface area contributed by atoms with Crippen LogP contribution in [0.5, 0.6) is 0 Å². The summed E-state index contributed by atoms with van der Waals surface area (Å²) in [5.74, 6) is -0.999. The number of nitrogens with one attached hydrogen (secondary N) is 1. The van der Waals surface area contributed by atoms with Crippen molar-refractivity contribution in [2.75, 3.05) is 12.3 Å². The van der Waals surface area contributed by atoms with Crippen molar-refractivity contribution in [1.29, 1.82) is 0 Å². The van der Waals surface area contributed by atoms with E-state index in [2.05, 4.69) is 5.32 Å². The second-order valence-corrected chi connectivity index (χ2v) is 8.61. The largest absolute Gasteiger partial charge is 0.480 e. The highest BCUT2D eigenvalue weighted by atomic mass is 32.2. The predicted octanol–water partition coefficient (Wildman–Crippen LogP) is 1.43. The fourth-order valence-corrected chi connectivity index (χ4v) is 2.52. The quantitative estimate of drug-likeness (QED) is 0.736. The number of hydrogen-bond acceptors (Lipinski definition) is 4. The SMILES string of the molecule is CCCC(C)(NCCS(=O)(=O)C(C)(C)C)C(=O)O. The molecule has 0 aromatic heterocycles. The standard InChI is InChI=1S/C12H25NO4S/c1-6-7-12(5,10(14)15)13-8-9-18(16,17)11(2,3)4/h13H,6-9H2,1-5H3,(H,14,15). The van der Waals surface area contributed by atoms with Crippen LogP contribution in [-0.2, 0) is 14.6 Å². The number of carboxylic acid groups (broad SMARTS) is 1. The van der Waals surface area contributed by atoms with Gasteiger partial charge in [-0.2, -0.15) is 0 Å². The van der Waals surface area contributed by atoms with Gasteiger partial charge in [-0.3, -0.25) is 4.79 Å². The first-order valence-corrected chi connectivity index (χ1v) is 7.82. The van der Waals surface area contributed by atoms with Crippen LogP contribution in [-0.4, -0.2) is 42.1 Å². The van der Waals surface area contributed by atoms with Crippen molar-refractivity contribution < 1.29 is 18.3 Å². The molecule has 5 nitrogen and oxygen atoms in total. The first-order chi connectivity index (χ1) is 7.96. The van der Waals surface area contributed by atoms with Crippen molar-refractivity contribution in [3.63, 3.8) is 0 Å². The van der Waals surface area contributed by atoms with Gasteiger partial charge in [0.2, 0.25) is 0 Å². The molecule has 0 bridgehead atoms. The van der Waals surface area contributed by atoms with Gasteiger partial charge >= 0.3 is 5.97 Å². The van der Waals surface area contributed by atoms with Gasteiger partial charge in [0.25, 0.3) is 0 Å². The number of carboxylic acids is 1. The van der Waals surface area contributed by atoms with E-state index in [1.807, 2.05) is 6.92 Å². The van der Waals surface area contributed by atoms with Crippen LogP contribution in [0, 0.1) is 0 Å². The maximum absolute atomic E-state index is 11.9. The highest BCUT2D eigenvalue weighted by Crippen LogP contribution is 2.16. The van der Waals surface area contributed by atoms with E-state index in [4.69, 9.17) is 5.11 Å². The Morgan fingerprint density at radius 3 is 2.06 bits per heavy atom. The summed E-state index contributed by atoms with van der Waals surface area (Å²) < 4.78 is 22.9. The topological polar surface area (TPSA) is 83.5 Å². The van der Waals surface area contributed by atoms with E-state index in [-0.39, 0.29) is 12.3 Å². The zero-order chi connectivity index (χ0) is 14.6. The maximum atomic E-state index is 11.9. The third-order valence-electron chi connectivity index (χ3n) is 3.04. The molecule has 0 saturated heterocycles. The van der Waals surface area contributed by atoms with Crippen LogP contribution in [0.15, 0.2) is 0 Å². The Bertz CT molecular complexity index is 383. The van der Waals surface area contributed by atoms with Crippen molar-refractivity contribution in [3.05, 3.63) is 0 Å². The number of sulfone groups is 1. The molecule has 6 heteroatoms. The van der Waals surface area contributed by atoms with Crippen LogP contribution in [0.25, 0.3) is 0 Å². The summed E-state index contributed by atoms with van der Waals surface area (Å²) in [4.78, 5) is 11.2. The Balaban J connectivity index is 4.55. The molecule has 0 rings (SSSR count). The van der Waals surface area contributed by atoms with E-state index in [9.17, 15) is 13.2 Å². The lowest BCUT2D eigenvalue weighted by Crippen LogP contribution is -2.51. The van der Waals surface area contributed by atoms with Gasteiger partial charge in [-0.25, -0.2) is 8.42 Å². The van der Waals surface area contributed by atoms with Crippen molar-refractivity contribution in [2.45, 2.75) is 57.7 Å². The number of aliphatic carboxylic acids is 1. The summed E-state index contributed by atoms with van der Waals surface area (Å²) in [6, 6.07) is 0. The highest BCUT2D eigenvalue weighted by Gasteiger charge is 2.33. The number of hydrogen-bond donors (Lipinski definition) is 2. The lowest BCUT2D eigenvalue weighted by atomic mass is 9.96. The van der Waals surface area contributed by atoms with Gasteiger partial charge in [-0.1, -0.05) is 13.3 Å². The van der Waals surface area contributed by atoms with Gasteiger partial charge in [-0.15, -0.1) is 0 Å². The molecule has 0 amide bonds. The molecule has 0 aliphatic rings. The van der Waals surface area contributed by atoms with Gasteiger partial charge in [0.05, 0.1) is 10.5 Å². The van der Waals surface area contributed by atoms with Crippen molar-refractivity contribution in [3.8, 4) is 0 Å². The summed E-state index contributed by atoms with van der Waals surface area (Å²) >= 11 is 0. The van der Waals surface area contributed by atoms with E-state index < -0.39 is 26.1 Å². The van der Waals surface area contributed by atoms with Crippen molar-refractivity contribution >= 4 is 15.8 Å². The fourth-order valence-electron chi connectivity index (χ4n) is 1.54. The monoisotopic (exact) mass is 279 g/mol. The van der Waals surface area contributed by atoms with Gasteiger partial charge in [0.15, 0.2) is 9.84 Å². The molecule has 0 aliphatic carbocycles. The van der Waals surface area contributed by atoms with E-state index in [1.54, 1.807) is 27.7 Å². The first-order valence-electron chi connectivity index (χ1n) is 6.17. The first kappa shape index (κ1) is 17.4. The Hall–Kier alpha value is -0.620. The van der Waals surface area contributed by atoms with Crippen LogP contribution in [0.3, 0.4) is 0 Å². The van der Waals surface area contributed by atoms with Crippen molar-refractivity contribution in [1.82, 2.24) is 5.32 Å². The third-order valence-corrected chi connectivity index (χ3v) is 5.65. The molecule has 0 aromatic rings. The second-order valence-electron chi connectivity index (χ2n) is 5.75. The molecule has 0 radical (unpaired) electrons. The summed E-state index contributed by atoms with van der Waals surface area (Å²) in [6.45, 7) is 8.57. The van der Waals surface area contributed by atoms with E-state index in [0.717, 1.165) is 6.42 Å². The van der Waals surface area contributed by atoms with Gasteiger partial charge in [0.1, 0.15) is 5.54 Å². The van der Waals surface area contributed by atoms with Crippen LogP contribution in [0.1, 0.15) is 47.5 Å². The van der Waals surface area contributed by atoms with Crippen LogP contribution >= 0.6 is 0 Å². The van der Waals surface area contributed by atoms with E-state index in [0.29, 0.717) is 6.42 Å². The molecule has 0 aromatic carbocycles. The Morgan fingerprint density at radius 2 is 1.72 bits per heavy atom. The van der Waals surface area contributed by atoms with Gasteiger partial charge in [0, 0.05) is 6.54 Å². The molecular weight excluding hydrogens is 254 g/mol. The minimum Gasteiger partial charge on any atom is -0.480 e. The summed E-state index contributed by atoms with van der Waals surface area (Å²) in [6.07, 6.45) is 1.19. The highest BCUT2D eigenvalue weighted by molar-refractivity contribution is 7.92. The Kier molecular flexibility index (Phi) is 5.81. The molecule has 0 aliphatic heterocycles.